The minimum Gasteiger partial charge on any atom is -0.472 e. The number of nitrogens with zero attached hydrogens (tertiary/aromatic N) is 1. The first-order chi connectivity index (χ1) is 11.1. The minimum absolute atomic E-state index is 0.0104. The summed E-state index contributed by atoms with van der Waals surface area (Å²) in [6.07, 6.45) is 1.85. The fourth-order valence-corrected chi connectivity index (χ4v) is 2.73. The maximum absolute atomic E-state index is 13.9. The third kappa shape index (κ3) is 4.18. The van der Waals surface area contributed by atoms with Crippen molar-refractivity contribution in [1.82, 2.24) is 10.3 Å². The van der Waals surface area contributed by atoms with Crippen LogP contribution in [0.5, 0.6) is 5.88 Å². The summed E-state index contributed by atoms with van der Waals surface area (Å²) >= 11 is 5.74. The summed E-state index contributed by atoms with van der Waals surface area (Å²) in [5, 5.41) is 3.56. The summed E-state index contributed by atoms with van der Waals surface area (Å²) in [6.45, 7) is 1.70. The summed E-state index contributed by atoms with van der Waals surface area (Å²) in [4.78, 5) is 4.21. The molecule has 0 saturated carbocycles. The SMILES string of the molecule is Fc1cc(Cl)ccc1Cc1ccc(F)c(OC2CCNCC2)n1. The fourth-order valence-electron chi connectivity index (χ4n) is 2.57. The summed E-state index contributed by atoms with van der Waals surface area (Å²) in [7, 11) is 0. The molecule has 1 aromatic heterocycles. The van der Waals surface area contributed by atoms with Gasteiger partial charge in [-0.3, -0.25) is 0 Å². The Morgan fingerprint density at radius 1 is 1.13 bits per heavy atom. The molecule has 2 heterocycles. The summed E-state index contributed by atoms with van der Waals surface area (Å²) < 4.78 is 33.4. The number of benzene rings is 1. The van der Waals surface area contributed by atoms with Crippen molar-refractivity contribution < 1.29 is 13.5 Å². The number of hydrogen-bond donors (Lipinski definition) is 1. The maximum atomic E-state index is 13.9. The Morgan fingerprint density at radius 2 is 1.91 bits per heavy atom. The van der Waals surface area contributed by atoms with E-state index in [9.17, 15) is 8.78 Å². The fraction of sp³-hybridized carbons (Fsp3) is 0.353. The first-order valence-corrected chi connectivity index (χ1v) is 7.96. The van der Waals surface area contributed by atoms with E-state index in [0.29, 0.717) is 16.3 Å². The summed E-state index contributed by atoms with van der Waals surface area (Å²) in [5.41, 5.74) is 1.01. The van der Waals surface area contributed by atoms with E-state index in [4.69, 9.17) is 16.3 Å². The van der Waals surface area contributed by atoms with Gasteiger partial charge in [0.15, 0.2) is 5.82 Å². The van der Waals surface area contributed by atoms with Crippen LogP contribution in [0.3, 0.4) is 0 Å². The van der Waals surface area contributed by atoms with Gasteiger partial charge in [0.05, 0.1) is 0 Å². The number of piperidine rings is 1. The van der Waals surface area contributed by atoms with E-state index in [1.807, 2.05) is 0 Å². The molecule has 6 heteroatoms. The highest BCUT2D eigenvalue weighted by atomic mass is 35.5. The predicted molar refractivity (Wildman–Crippen MR) is 84.9 cm³/mol. The van der Waals surface area contributed by atoms with Gasteiger partial charge in [0.2, 0.25) is 0 Å². The minimum atomic E-state index is -0.496. The zero-order valence-corrected chi connectivity index (χ0v) is 13.2. The van der Waals surface area contributed by atoms with Crippen LogP contribution in [0.25, 0.3) is 0 Å². The molecule has 0 amide bonds. The van der Waals surface area contributed by atoms with Crippen LogP contribution in [0.1, 0.15) is 24.1 Å². The molecule has 0 aliphatic carbocycles. The summed E-state index contributed by atoms with van der Waals surface area (Å²) in [6, 6.07) is 7.34. The predicted octanol–water partition coefficient (Wildman–Crippen LogP) is 3.73. The van der Waals surface area contributed by atoms with E-state index >= 15 is 0 Å². The molecule has 0 radical (unpaired) electrons. The Morgan fingerprint density at radius 3 is 2.65 bits per heavy atom. The highest BCUT2D eigenvalue weighted by molar-refractivity contribution is 6.30. The molecular weight excluding hydrogens is 322 g/mol. The Hall–Kier alpha value is -1.72. The van der Waals surface area contributed by atoms with Crippen LogP contribution in [0.15, 0.2) is 30.3 Å². The van der Waals surface area contributed by atoms with Gasteiger partial charge in [-0.2, -0.15) is 0 Å². The number of aromatic nitrogens is 1. The smallest absolute Gasteiger partial charge is 0.250 e. The molecule has 122 valence electrons. The normalized spacial score (nSPS) is 15.6. The second kappa shape index (κ2) is 7.23. The van der Waals surface area contributed by atoms with Crippen molar-refractivity contribution in [2.75, 3.05) is 13.1 Å². The van der Waals surface area contributed by atoms with Gasteiger partial charge in [-0.15, -0.1) is 0 Å². The van der Waals surface area contributed by atoms with Crippen LogP contribution in [-0.4, -0.2) is 24.2 Å². The van der Waals surface area contributed by atoms with Crippen molar-refractivity contribution >= 4 is 11.6 Å². The maximum Gasteiger partial charge on any atom is 0.250 e. The molecule has 1 saturated heterocycles. The van der Waals surface area contributed by atoms with Crippen molar-refractivity contribution in [2.24, 2.45) is 0 Å². The Labute approximate surface area is 138 Å². The molecule has 3 rings (SSSR count). The van der Waals surface area contributed by atoms with Crippen molar-refractivity contribution in [3.8, 4) is 5.88 Å². The lowest BCUT2D eigenvalue weighted by Gasteiger charge is -2.23. The number of ether oxygens (including phenoxy) is 1. The third-order valence-electron chi connectivity index (χ3n) is 3.82. The monoisotopic (exact) mass is 338 g/mol. The molecule has 0 atom stereocenters. The molecule has 23 heavy (non-hydrogen) atoms. The lowest BCUT2D eigenvalue weighted by atomic mass is 10.1. The molecule has 1 aliphatic heterocycles. The number of rotatable bonds is 4. The van der Waals surface area contributed by atoms with Gasteiger partial charge in [-0.25, -0.2) is 13.8 Å². The lowest BCUT2D eigenvalue weighted by Crippen LogP contribution is -2.34. The Balaban J connectivity index is 1.76. The van der Waals surface area contributed by atoms with E-state index in [1.165, 1.54) is 12.1 Å². The lowest BCUT2D eigenvalue weighted by molar-refractivity contribution is 0.148. The first-order valence-electron chi connectivity index (χ1n) is 7.58. The van der Waals surface area contributed by atoms with Crippen molar-refractivity contribution in [3.63, 3.8) is 0 Å². The molecule has 1 N–H and O–H groups in total. The Bertz CT molecular complexity index is 690. The van der Waals surface area contributed by atoms with Gasteiger partial charge in [0.25, 0.3) is 5.88 Å². The van der Waals surface area contributed by atoms with Gasteiger partial charge in [0.1, 0.15) is 11.9 Å². The molecule has 1 aliphatic rings. The van der Waals surface area contributed by atoms with Gasteiger partial charge >= 0.3 is 0 Å². The molecule has 3 nitrogen and oxygen atoms in total. The number of nitrogens with one attached hydrogen (secondary N) is 1. The average molecular weight is 339 g/mol. The van der Waals surface area contributed by atoms with Gasteiger partial charge < -0.3 is 10.1 Å². The summed E-state index contributed by atoms with van der Waals surface area (Å²) in [5.74, 6) is -0.905. The molecule has 0 unspecified atom stereocenters. The van der Waals surface area contributed by atoms with E-state index in [2.05, 4.69) is 10.3 Å². The van der Waals surface area contributed by atoms with Crippen LogP contribution < -0.4 is 10.1 Å². The Kier molecular flexibility index (Phi) is 5.08. The van der Waals surface area contributed by atoms with E-state index in [1.54, 1.807) is 18.2 Å². The third-order valence-corrected chi connectivity index (χ3v) is 4.06. The number of pyridine rings is 1. The highest BCUT2D eigenvalue weighted by Crippen LogP contribution is 2.22. The average Bonchev–Trinajstić information content (AvgIpc) is 2.54. The zero-order chi connectivity index (χ0) is 16.2. The standard InChI is InChI=1S/C17H17ClF2N2O/c18-12-2-1-11(16(20)10-12)9-13-3-4-15(19)17(22-13)23-14-5-7-21-8-6-14/h1-4,10,14,21H,5-9H2. The van der Waals surface area contributed by atoms with E-state index in [-0.39, 0.29) is 18.4 Å². The molecular formula is C17H17ClF2N2O. The molecule has 0 bridgehead atoms. The van der Waals surface area contributed by atoms with Gasteiger partial charge in [-0.05, 0) is 55.8 Å². The second-order valence-corrected chi connectivity index (χ2v) is 6.01. The van der Waals surface area contributed by atoms with Crippen LogP contribution >= 0.6 is 11.6 Å². The van der Waals surface area contributed by atoms with Gasteiger partial charge in [0, 0.05) is 17.1 Å². The van der Waals surface area contributed by atoms with E-state index in [0.717, 1.165) is 25.9 Å². The van der Waals surface area contributed by atoms with Crippen LogP contribution in [0, 0.1) is 11.6 Å². The second-order valence-electron chi connectivity index (χ2n) is 5.57. The quantitative estimate of drug-likeness (QED) is 0.922. The highest BCUT2D eigenvalue weighted by Gasteiger charge is 2.18. The van der Waals surface area contributed by atoms with Crippen LogP contribution in [-0.2, 0) is 6.42 Å². The van der Waals surface area contributed by atoms with Crippen LogP contribution in [0.2, 0.25) is 5.02 Å². The molecule has 2 aromatic rings. The van der Waals surface area contributed by atoms with E-state index < -0.39 is 11.6 Å². The molecule has 1 fully saturated rings. The molecule has 0 spiro atoms. The van der Waals surface area contributed by atoms with Crippen molar-refractivity contribution in [2.45, 2.75) is 25.4 Å². The molecule has 1 aromatic carbocycles. The van der Waals surface area contributed by atoms with Crippen molar-refractivity contribution in [1.29, 1.82) is 0 Å². The van der Waals surface area contributed by atoms with Crippen molar-refractivity contribution in [3.05, 3.63) is 58.2 Å². The number of hydrogen-bond acceptors (Lipinski definition) is 3. The topological polar surface area (TPSA) is 34.1 Å². The zero-order valence-electron chi connectivity index (χ0n) is 12.5. The first kappa shape index (κ1) is 16.1. The van der Waals surface area contributed by atoms with Gasteiger partial charge in [-0.1, -0.05) is 17.7 Å². The largest absolute Gasteiger partial charge is 0.472 e. The van der Waals surface area contributed by atoms with Crippen LogP contribution in [0.4, 0.5) is 8.78 Å². The number of halogens is 3.